The minimum absolute atomic E-state index is 0.177. The molecule has 3 N–H and O–H groups in total. The van der Waals surface area contributed by atoms with Crippen LogP contribution in [-0.4, -0.2) is 30.3 Å². The van der Waals surface area contributed by atoms with Crippen molar-refractivity contribution in [3.8, 4) is 0 Å². The topological polar surface area (TPSA) is 72.6 Å². The van der Waals surface area contributed by atoms with Crippen molar-refractivity contribution < 1.29 is 14.6 Å². The van der Waals surface area contributed by atoms with Crippen LogP contribution in [0.2, 0.25) is 0 Å². The molecule has 0 bridgehead atoms. The third-order valence-corrected chi connectivity index (χ3v) is 2.25. The van der Waals surface area contributed by atoms with Crippen molar-refractivity contribution >= 4 is 5.91 Å². The highest BCUT2D eigenvalue weighted by atomic mass is 16.5. The van der Waals surface area contributed by atoms with Gasteiger partial charge < -0.3 is 15.6 Å². The van der Waals surface area contributed by atoms with Crippen LogP contribution in [-0.2, 0) is 9.53 Å². The summed E-state index contributed by atoms with van der Waals surface area (Å²) in [4.78, 5) is 10.7. The quantitative estimate of drug-likeness (QED) is 0.612. The predicted octanol–water partition coefficient (Wildman–Crippen LogP) is -0.351. The van der Waals surface area contributed by atoms with Gasteiger partial charge in [-0.25, -0.2) is 0 Å². The van der Waals surface area contributed by atoms with E-state index in [0.717, 1.165) is 12.8 Å². The van der Waals surface area contributed by atoms with E-state index in [9.17, 15) is 4.79 Å². The van der Waals surface area contributed by atoms with Crippen LogP contribution in [0.15, 0.2) is 0 Å². The Balaban J connectivity index is 2.35. The van der Waals surface area contributed by atoms with Gasteiger partial charge in [0, 0.05) is 13.2 Å². The number of aliphatic hydroxyl groups is 1. The van der Waals surface area contributed by atoms with E-state index in [2.05, 4.69) is 0 Å². The highest BCUT2D eigenvalue weighted by Crippen LogP contribution is 2.22. The summed E-state index contributed by atoms with van der Waals surface area (Å²) in [6.45, 7) is 0.758. The van der Waals surface area contributed by atoms with E-state index < -0.39 is 12.0 Å². The SMILES string of the molecule is NC(=O)[C@@H]1CC(CCO)CCO1. The van der Waals surface area contributed by atoms with Gasteiger partial charge in [0.1, 0.15) is 6.10 Å². The lowest BCUT2D eigenvalue weighted by Crippen LogP contribution is -2.37. The Kier molecular flexibility index (Phi) is 3.49. The molecule has 1 unspecified atom stereocenters. The maximum Gasteiger partial charge on any atom is 0.246 e. The highest BCUT2D eigenvalue weighted by molar-refractivity contribution is 5.78. The third kappa shape index (κ3) is 2.46. The molecule has 12 heavy (non-hydrogen) atoms. The summed E-state index contributed by atoms with van der Waals surface area (Å²) in [6.07, 6.45) is 1.89. The molecule has 1 amide bonds. The lowest BCUT2D eigenvalue weighted by Gasteiger charge is -2.26. The van der Waals surface area contributed by atoms with Crippen molar-refractivity contribution in [1.29, 1.82) is 0 Å². The summed E-state index contributed by atoms with van der Waals surface area (Å²) in [6, 6.07) is 0. The molecule has 1 heterocycles. The van der Waals surface area contributed by atoms with Gasteiger partial charge in [-0.05, 0) is 25.2 Å². The summed E-state index contributed by atoms with van der Waals surface area (Å²) in [5.41, 5.74) is 5.10. The first-order valence-corrected chi connectivity index (χ1v) is 4.26. The first kappa shape index (κ1) is 9.48. The number of primary amides is 1. The van der Waals surface area contributed by atoms with Crippen LogP contribution in [0.25, 0.3) is 0 Å². The van der Waals surface area contributed by atoms with Crippen LogP contribution < -0.4 is 5.73 Å². The van der Waals surface area contributed by atoms with Crippen LogP contribution >= 0.6 is 0 Å². The van der Waals surface area contributed by atoms with E-state index in [1.807, 2.05) is 0 Å². The molecule has 0 aromatic heterocycles. The van der Waals surface area contributed by atoms with Gasteiger partial charge in [-0.15, -0.1) is 0 Å². The van der Waals surface area contributed by atoms with E-state index in [1.54, 1.807) is 0 Å². The van der Waals surface area contributed by atoms with Crippen molar-refractivity contribution in [3.05, 3.63) is 0 Å². The lowest BCUT2D eigenvalue weighted by molar-refractivity contribution is -0.134. The van der Waals surface area contributed by atoms with Crippen molar-refractivity contribution in [2.24, 2.45) is 11.7 Å². The first-order chi connectivity index (χ1) is 5.74. The number of ether oxygens (including phenoxy) is 1. The lowest BCUT2D eigenvalue weighted by atomic mass is 9.92. The van der Waals surface area contributed by atoms with Gasteiger partial charge in [0.2, 0.25) is 5.91 Å². The van der Waals surface area contributed by atoms with E-state index >= 15 is 0 Å². The largest absolute Gasteiger partial charge is 0.396 e. The van der Waals surface area contributed by atoms with E-state index in [1.165, 1.54) is 0 Å². The second-order valence-corrected chi connectivity index (χ2v) is 3.16. The fourth-order valence-electron chi connectivity index (χ4n) is 1.51. The van der Waals surface area contributed by atoms with Gasteiger partial charge in [0.25, 0.3) is 0 Å². The zero-order valence-corrected chi connectivity index (χ0v) is 7.03. The molecule has 0 saturated carbocycles. The highest BCUT2D eigenvalue weighted by Gasteiger charge is 2.25. The van der Waals surface area contributed by atoms with Crippen molar-refractivity contribution in [3.63, 3.8) is 0 Å². The Morgan fingerprint density at radius 2 is 2.42 bits per heavy atom. The molecule has 1 aliphatic rings. The van der Waals surface area contributed by atoms with E-state index in [-0.39, 0.29) is 6.61 Å². The second kappa shape index (κ2) is 4.42. The van der Waals surface area contributed by atoms with E-state index in [4.69, 9.17) is 15.6 Å². The average Bonchev–Trinajstić information content (AvgIpc) is 2.05. The number of carbonyl (C=O) groups is 1. The Hall–Kier alpha value is -0.610. The van der Waals surface area contributed by atoms with E-state index in [0.29, 0.717) is 18.9 Å². The summed E-state index contributed by atoms with van der Waals surface area (Å²) < 4.78 is 5.16. The number of amides is 1. The van der Waals surface area contributed by atoms with Crippen LogP contribution in [0.4, 0.5) is 0 Å². The van der Waals surface area contributed by atoms with Crippen LogP contribution in [0, 0.1) is 5.92 Å². The standard InChI is InChI=1S/C8H15NO3/c9-8(11)7-5-6(1-3-10)2-4-12-7/h6-7,10H,1-5H2,(H2,9,11)/t6?,7-/m0/s1. The second-order valence-electron chi connectivity index (χ2n) is 3.16. The fraction of sp³-hybridized carbons (Fsp3) is 0.875. The minimum Gasteiger partial charge on any atom is -0.396 e. The number of aliphatic hydroxyl groups excluding tert-OH is 1. The summed E-state index contributed by atoms with van der Waals surface area (Å²) in [7, 11) is 0. The zero-order valence-electron chi connectivity index (χ0n) is 7.03. The first-order valence-electron chi connectivity index (χ1n) is 4.26. The van der Waals surface area contributed by atoms with Crippen molar-refractivity contribution in [2.75, 3.05) is 13.2 Å². The zero-order chi connectivity index (χ0) is 8.97. The predicted molar refractivity (Wildman–Crippen MR) is 43.4 cm³/mol. The maximum atomic E-state index is 10.7. The van der Waals surface area contributed by atoms with Gasteiger partial charge >= 0.3 is 0 Å². The third-order valence-electron chi connectivity index (χ3n) is 2.25. The molecule has 4 heteroatoms. The molecule has 1 rings (SSSR count). The molecule has 0 aromatic carbocycles. The monoisotopic (exact) mass is 173 g/mol. The molecule has 0 radical (unpaired) electrons. The van der Waals surface area contributed by atoms with Crippen LogP contribution in [0.3, 0.4) is 0 Å². The molecule has 70 valence electrons. The number of hydrogen-bond donors (Lipinski definition) is 2. The Morgan fingerprint density at radius 1 is 1.67 bits per heavy atom. The average molecular weight is 173 g/mol. The van der Waals surface area contributed by atoms with Crippen molar-refractivity contribution in [1.82, 2.24) is 0 Å². The van der Waals surface area contributed by atoms with Gasteiger partial charge in [-0.3, -0.25) is 4.79 Å². The molecule has 2 atom stereocenters. The number of rotatable bonds is 3. The van der Waals surface area contributed by atoms with Gasteiger partial charge in [0.05, 0.1) is 0 Å². The molecule has 0 aliphatic carbocycles. The van der Waals surface area contributed by atoms with Crippen molar-refractivity contribution in [2.45, 2.75) is 25.4 Å². The maximum absolute atomic E-state index is 10.7. The molecule has 4 nitrogen and oxygen atoms in total. The summed E-state index contributed by atoms with van der Waals surface area (Å²) >= 11 is 0. The fourth-order valence-corrected chi connectivity index (χ4v) is 1.51. The molecule has 1 fully saturated rings. The van der Waals surface area contributed by atoms with Crippen LogP contribution in [0.1, 0.15) is 19.3 Å². The smallest absolute Gasteiger partial charge is 0.246 e. The van der Waals surface area contributed by atoms with Crippen LogP contribution in [0.5, 0.6) is 0 Å². The minimum atomic E-state index is -0.435. The number of hydrogen-bond acceptors (Lipinski definition) is 3. The number of nitrogens with two attached hydrogens (primary N) is 1. The van der Waals surface area contributed by atoms with Gasteiger partial charge in [-0.1, -0.05) is 0 Å². The Morgan fingerprint density at radius 3 is 3.00 bits per heavy atom. The Labute approximate surface area is 71.7 Å². The normalized spacial score (nSPS) is 30.1. The molecular weight excluding hydrogens is 158 g/mol. The summed E-state index contributed by atoms with van der Waals surface area (Å²) in [5.74, 6) is -0.00103. The summed E-state index contributed by atoms with van der Waals surface area (Å²) in [5, 5.41) is 8.69. The Bertz CT molecular complexity index is 158. The molecule has 1 saturated heterocycles. The molecular formula is C8H15NO3. The number of carbonyl (C=O) groups excluding carboxylic acids is 1. The molecule has 0 spiro atoms. The van der Waals surface area contributed by atoms with Gasteiger partial charge in [0.15, 0.2) is 0 Å². The molecule has 1 aliphatic heterocycles. The molecule has 0 aromatic rings. The van der Waals surface area contributed by atoms with Gasteiger partial charge in [-0.2, -0.15) is 0 Å².